The molecule has 0 radical (unpaired) electrons. The average Bonchev–Trinajstić information content (AvgIpc) is 2.96. The van der Waals surface area contributed by atoms with Gasteiger partial charge in [0.2, 0.25) is 0 Å². The molecule has 2 heterocycles. The fourth-order valence-corrected chi connectivity index (χ4v) is 3.23. The molecule has 0 saturated carbocycles. The fourth-order valence-electron chi connectivity index (χ4n) is 3.23. The number of carbonyl (C=O) groups is 1. The minimum absolute atomic E-state index is 0.0277. The third-order valence-electron chi connectivity index (χ3n) is 4.54. The Bertz CT molecular complexity index is 505. The molecule has 1 fully saturated rings. The van der Waals surface area contributed by atoms with Gasteiger partial charge in [0.25, 0.3) is 0 Å². The van der Waals surface area contributed by atoms with E-state index >= 15 is 0 Å². The van der Waals surface area contributed by atoms with Crippen LogP contribution in [0.3, 0.4) is 0 Å². The van der Waals surface area contributed by atoms with Gasteiger partial charge in [-0.3, -0.25) is 4.68 Å². The van der Waals surface area contributed by atoms with Gasteiger partial charge in [-0.05, 0) is 38.8 Å². The Morgan fingerprint density at radius 1 is 1.50 bits per heavy atom. The van der Waals surface area contributed by atoms with Crippen molar-refractivity contribution in [2.45, 2.75) is 25.8 Å². The molecule has 1 saturated heterocycles. The van der Waals surface area contributed by atoms with Crippen LogP contribution in [0.25, 0.3) is 0 Å². The second-order valence-corrected chi connectivity index (χ2v) is 6.73. The Labute approximate surface area is 144 Å². The fraction of sp³-hybridized carbons (Fsp3) is 0.765. The lowest BCUT2D eigenvalue weighted by atomic mass is 9.95. The number of hydrogen-bond donors (Lipinski definition) is 1. The van der Waals surface area contributed by atoms with Crippen LogP contribution in [0.5, 0.6) is 0 Å². The third kappa shape index (κ3) is 6.13. The van der Waals surface area contributed by atoms with Gasteiger partial charge in [0.05, 0.1) is 19.3 Å². The summed E-state index contributed by atoms with van der Waals surface area (Å²) in [4.78, 5) is 16.7. The lowest BCUT2D eigenvalue weighted by Gasteiger charge is -2.30. The Morgan fingerprint density at radius 2 is 2.33 bits per heavy atom. The van der Waals surface area contributed by atoms with Crippen LogP contribution in [-0.2, 0) is 18.3 Å². The van der Waals surface area contributed by atoms with Crippen LogP contribution < -0.4 is 5.32 Å². The third-order valence-corrected chi connectivity index (χ3v) is 4.54. The standard InChI is InChI=1S/C17H31N5O2/c1-20-8-4-5-15(12-20)6-7-18-17(23)22(9-10-24-3)14-16-11-19-21(2)13-16/h11,13,15H,4-10,12,14H2,1-3H3,(H,18,23)/t15-/m0/s1. The number of likely N-dealkylation sites (tertiary alicyclic amines) is 1. The smallest absolute Gasteiger partial charge is 0.317 e. The quantitative estimate of drug-likeness (QED) is 0.777. The van der Waals surface area contributed by atoms with Crippen molar-refractivity contribution in [2.24, 2.45) is 13.0 Å². The van der Waals surface area contributed by atoms with E-state index in [1.165, 1.54) is 19.4 Å². The van der Waals surface area contributed by atoms with Gasteiger partial charge in [-0.2, -0.15) is 5.10 Å². The topological polar surface area (TPSA) is 62.6 Å². The summed E-state index contributed by atoms with van der Waals surface area (Å²) >= 11 is 0. The van der Waals surface area contributed by atoms with Crippen LogP contribution in [0.4, 0.5) is 4.79 Å². The second kappa shape index (κ2) is 9.64. The molecule has 1 aliphatic rings. The molecule has 0 aromatic carbocycles. The number of amides is 2. The number of nitrogens with one attached hydrogen (secondary N) is 1. The van der Waals surface area contributed by atoms with E-state index in [0.717, 1.165) is 25.1 Å². The SMILES string of the molecule is COCCN(Cc1cnn(C)c1)C(=O)NCC[C@@H]1CCCN(C)C1. The van der Waals surface area contributed by atoms with Crippen LogP contribution in [-0.4, -0.2) is 72.6 Å². The van der Waals surface area contributed by atoms with E-state index in [0.29, 0.717) is 25.6 Å². The Balaban J connectivity index is 1.78. The first-order chi connectivity index (χ1) is 11.6. The molecule has 0 unspecified atom stereocenters. The summed E-state index contributed by atoms with van der Waals surface area (Å²) in [6, 6.07) is -0.0277. The van der Waals surface area contributed by atoms with Crippen molar-refractivity contribution in [3.8, 4) is 0 Å². The predicted molar refractivity (Wildman–Crippen MR) is 93.7 cm³/mol. The van der Waals surface area contributed by atoms with Crippen molar-refractivity contribution in [1.29, 1.82) is 0 Å². The number of nitrogens with zero attached hydrogens (tertiary/aromatic N) is 4. The van der Waals surface area contributed by atoms with Gasteiger partial charge in [-0.1, -0.05) is 0 Å². The number of ether oxygens (including phenoxy) is 1. The van der Waals surface area contributed by atoms with Crippen molar-refractivity contribution < 1.29 is 9.53 Å². The van der Waals surface area contributed by atoms with Crippen LogP contribution in [0, 0.1) is 5.92 Å². The van der Waals surface area contributed by atoms with Crippen LogP contribution in [0.1, 0.15) is 24.8 Å². The van der Waals surface area contributed by atoms with Crippen molar-refractivity contribution in [3.63, 3.8) is 0 Å². The molecule has 7 heteroatoms. The first kappa shape index (κ1) is 18.7. The van der Waals surface area contributed by atoms with Gasteiger partial charge in [0.15, 0.2) is 0 Å². The number of hydrogen-bond acceptors (Lipinski definition) is 4. The average molecular weight is 337 g/mol. The Kier molecular flexibility index (Phi) is 7.52. The summed E-state index contributed by atoms with van der Waals surface area (Å²) in [5, 5.41) is 7.23. The highest BCUT2D eigenvalue weighted by atomic mass is 16.5. The summed E-state index contributed by atoms with van der Waals surface area (Å²) in [6.07, 6.45) is 7.30. The lowest BCUT2D eigenvalue weighted by Crippen LogP contribution is -2.42. The molecule has 24 heavy (non-hydrogen) atoms. The van der Waals surface area contributed by atoms with Crippen molar-refractivity contribution >= 4 is 6.03 Å². The van der Waals surface area contributed by atoms with Crippen molar-refractivity contribution in [1.82, 2.24) is 24.9 Å². The van der Waals surface area contributed by atoms with E-state index in [2.05, 4.69) is 22.4 Å². The van der Waals surface area contributed by atoms with Gasteiger partial charge < -0.3 is 19.9 Å². The monoisotopic (exact) mass is 337 g/mol. The number of methoxy groups -OCH3 is 1. The van der Waals surface area contributed by atoms with Crippen LogP contribution in [0.15, 0.2) is 12.4 Å². The molecular weight excluding hydrogens is 306 g/mol. The molecule has 1 atom stereocenters. The number of aryl methyl sites for hydroxylation is 1. The van der Waals surface area contributed by atoms with E-state index < -0.39 is 0 Å². The van der Waals surface area contributed by atoms with E-state index in [9.17, 15) is 4.79 Å². The highest BCUT2D eigenvalue weighted by Crippen LogP contribution is 2.17. The highest BCUT2D eigenvalue weighted by molar-refractivity contribution is 5.74. The Hall–Kier alpha value is -1.60. The minimum atomic E-state index is -0.0277. The summed E-state index contributed by atoms with van der Waals surface area (Å²) < 4.78 is 6.88. The van der Waals surface area contributed by atoms with Gasteiger partial charge >= 0.3 is 6.03 Å². The first-order valence-corrected chi connectivity index (χ1v) is 8.76. The van der Waals surface area contributed by atoms with E-state index in [1.54, 1.807) is 22.9 Å². The van der Waals surface area contributed by atoms with Crippen molar-refractivity contribution in [2.75, 3.05) is 46.9 Å². The number of rotatable bonds is 8. The molecule has 1 N–H and O–H groups in total. The van der Waals surface area contributed by atoms with Crippen LogP contribution in [0.2, 0.25) is 0 Å². The van der Waals surface area contributed by atoms with Gasteiger partial charge in [-0.25, -0.2) is 4.79 Å². The largest absolute Gasteiger partial charge is 0.383 e. The number of carbonyl (C=O) groups excluding carboxylic acids is 1. The minimum Gasteiger partial charge on any atom is -0.383 e. The maximum Gasteiger partial charge on any atom is 0.317 e. The zero-order valence-electron chi connectivity index (χ0n) is 15.2. The Morgan fingerprint density at radius 3 is 3.00 bits per heavy atom. The van der Waals surface area contributed by atoms with Crippen LogP contribution >= 0.6 is 0 Å². The maximum absolute atomic E-state index is 12.5. The normalized spacial score (nSPS) is 18.5. The molecule has 0 aliphatic carbocycles. The zero-order chi connectivity index (χ0) is 17.4. The summed E-state index contributed by atoms with van der Waals surface area (Å²) in [5.41, 5.74) is 1.03. The second-order valence-electron chi connectivity index (χ2n) is 6.73. The molecule has 1 aliphatic heterocycles. The van der Waals surface area contributed by atoms with Gasteiger partial charge in [0.1, 0.15) is 0 Å². The molecule has 136 valence electrons. The molecule has 1 aromatic heterocycles. The number of urea groups is 1. The number of piperidine rings is 1. The molecule has 0 bridgehead atoms. The summed E-state index contributed by atoms with van der Waals surface area (Å²) in [6.45, 7) is 4.71. The molecule has 2 amide bonds. The van der Waals surface area contributed by atoms with E-state index in [4.69, 9.17) is 4.74 Å². The van der Waals surface area contributed by atoms with Crippen molar-refractivity contribution in [3.05, 3.63) is 18.0 Å². The number of aromatic nitrogens is 2. The highest BCUT2D eigenvalue weighted by Gasteiger charge is 2.18. The predicted octanol–water partition coefficient (Wildman–Crippen LogP) is 1.31. The lowest BCUT2D eigenvalue weighted by molar-refractivity contribution is 0.145. The molecule has 7 nitrogen and oxygen atoms in total. The summed E-state index contributed by atoms with van der Waals surface area (Å²) in [5.74, 6) is 0.690. The maximum atomic E-state index is 12.5. The molecule has 0 spiro atoms. The van der Waals surface area contributed by atoms with Gasteiger partial charge in [0, 0.05) is 45.6 Å². The van der Waals surface area contributed by atoms with E-state index in [-0.39, 0.29) is 6.03 Å². The molecule has 2 rings (SSSR count). The van der Waals surface area contributed by atoms with Gasteiger partial charge in [-0.15, -0.1) is 0 Å². The first-order valence-electron chi connectivity index (χ1n) is 8.76. The molecular formula is C17H31N5O2. The zero-order valence-corrected chi connectivity index (χ0v) is 15.2. The van der Waals surface area contributed by atoms with E-state index in [1.807, 2.05) is 13.2 Å². The summed E-state index contributed by atoms with van der Waals surface area (Å²) in [7, 11) is 5.70. The molecule has 1 aromatic rings.